The third kappa shape index (κ3) is 53.0. The van der Waals surface area contributed by atoms with Crippen molar-refractivity contribution in [3.05, 3.63) is 109 Å². The Morgan fingerprint density at radius 1 is 0.309 bits per heavy atom. The van der Waals surface area contributed by atoms with Crippen molar-refractivity contribution in [2.45, 2.75) is 252 Å². The lowest BCUT2D eigenvalue weighted by molar-refractivity contribution is -0.167. The van der Waals surface area contributed by atoms with Crippen LogP contribution in [0.25, 0.3) is 0 Å². The summed E-state index contributed by atoms with van der Waals surface area (Å²) in [6.07, 6.45) is 75.1. The number of carbonyl (C=O) groups is 3. The summed E-state index contributed by atoms with van der Waals surface area (Å²) in [5.41, 5.74) is 0. The van der Waals surface area contributed by atoms with Gasteiger partial charge in [0.05, 0.1) is 0 Å². The predicted octanol–water partition coefficient (Wildman–Crippen LogP) is 18.7. The Labute approximate surface area is 419 Å². The summed E-state index contributed by atoms with van der Waals surface area (Å²) in [6, 6.07) is 0. The first kappa shape index (κ1) is 64.1. The maximum atomic E-state index is 12.8. The van der Waals surface area contributed by atoms with Gasteiger partial charge in [0.2, 0.25) is 0 Å². The molecular weight excluding hydrogens is 841 g/mol. The third-order valence-electron chi connectivity index (χ3n) is 11.5. The van der Waals surface area contributed by atoms with E-state index in [1.165, 1.54) is 70.6 Å². The molecule has 1 unspecified atom stereocenters. The zero-order valence-corrected chi connectivity index (χ0v) is 44.1. The van der Waals surface area contributed by atoms with E-state index in [-0.39, 0.29) is 31.1 Å². The third-order valence-corrected chi connectivity index (χ3v) is 11.5. The van der Waals surface area contributed by atoms with Crippen LogP contribution in [0.2, 0.25) is 0 Å². The monoisotopic (exact) mass is 943 g/mol. The lowest BCUT2D eigenvalue weighted by atomic mass is 10.1. The zero-order chi connectivity index (χ0) is 49.3. The van der Waals surface area contributed by atoms with E-state index in [0.29, 0.717) is 19.3 Å². The highest BCUT2D eigenvalue weighted by Gasteiger charge is 2.19. The van der Waals surface area contributed by atoms with Crippen LogP contribution in [0.15, 0.2) is 109 Å². The van der Waals surface area contributed by atoms with Gasteiger partial charge in [-0.25, -0.2) is 0 Å². The second-order valence-corrected chi connectivity index (χ2v) is 18.1. The summed E-state index contributed by atoms with van der Waals surface area (Å²) in [5, 5.41) is 0. The van der Waals surface area contributed by atoms with Crippen LogP contribution in [0.1, 0.15) is 245 Å². The summed E-state index contributed by atoms with van der Waals surface area (Å²) in [4.78, 5) is 38.1. The van der Waals surface area contributed by atoms with Crippen LogP contribution in [0, 0.1) is 0 Å². The van der Waals surface area contributed by atoms with Gasteiger partial charge in [-0.2, -0.15) is 0 Å². The Morgan fingerprint density at radius 3 is 0.912 bits per heavy atom. The minimum Gasteiger partial charge on any atom is -0.462 e. The van der Waals surface area contributed by atoms with Crippen molar-refractivity contribution in [1.29, 1.82) is 0 Å². The molecule has 0 fully saturated rings. The minimum absolute atomic E-state index is 0.0969. The number of allylic oxidation sites excluding steroid dienone is 18. The summed E-state index contributed by atoms with van der Waals surface area (Å²) >= 11 is 0. The quantitative estimate of drug-likeness (QED) is 0.0262. The average Bonchev–Trinajstić information content (AvgIpc) is 3.34. The van der Waals surface area contributed by atoms with Gasteiger partial charge in [0.25, 0.3) is 0 Å². The molecule has 0 saturated carbocycles. The second kappa shape index (κ2) is 55.7. The highest BCUT2D eigenvalue weighted by molar-refractivity contribution is 5.71. The number of esters is 3. The maximum Gasteiger partial charge on any atom is 0.306 e. The molecule has 0 spiro atoms. The van der Waals surface area contributed by atoms with Gasteiger partial charge in [0, 0.05) is 19.3 Å². The van der Waals surface area contributed by atoms with Gasteiger partial charge in [0.1, 0.15) is 13.2 Å². The fourth-order valence-corrected chi connectivity index (χ4v) is 7.35. The Bertz CT molecular complexity index is 1410. The molecule has 0 saturated heterocycles. The van der Waals surface area contributed by atoms with Crippen LogP contribution < -0.4 is 0 Å². The number of ether oxygens (including phenoxy) is 3. The van der Waals surface area contributed by atoms with Crippen molar-refractivity contribution in [3.63, 3.8) is 0 Å². The highest BCUT2D eigenvalue weighted by atomic mass is 16.6. The van der Waals surface area contributed by atoms with Crippen molar-refractivity contribution < 1.29 is 28.6 Å². The van der Waals surface area contributed by atoms with Gasteiger partial charge in [-0.3, -0.25) is 14.4 Å². The van der Waals surface area contributed by atoms with Crippen molar-refractivity contribution in [1.82, 2.24) is 0 Å². The molecule has 0 aromatic rings. The van der Waals surface area contributed by atoms with Gasteiger partial charge in [-0.15, -0.1) is 0 Å². The number of hydrogen-bond donors (Lipinski definition) is 0. The lowest BCUT2D eigenvalue weighted by Gasteiger charge is -2.18. The van der Waals surface area contributed by atoms with E-state index in [2.05, 4.69) is 130 Å². The molecule has 6 nitrogen and oxygen atoms in total. The minimum atomic E-state index is -0.801. The first-order valence-corrected chi connectivity index (χ1v) is 27.9. The topological polar surface area (TPSA) is 78.9 Å². The van der Waals surface area contributed by atoms with Crippen molar-refractivity contribution in [3.8, 4) is 0 Å². The summed E-state index contributed by atoms with van der Waals surface area (Å²) in [6.45, 7) is 6.33. The first-order valence-electron chi connectivity index (χ1n) is 27.9. The van der Waals surface area contributed by atoms with E-state index < -0.39 is 6.10 Å². The maximum absolute atomic E-state index is 12.8. The predicted molar refractivity (Wildman–Crippen MR) is 293 cm³/mol. The van der Waals surface area contributed by atoms with Gasteiger partial charge in [-0.05, 0) is 116 Å². The molecule has 0 aliphatic carbocycles. The molecule has 0 aliphatic rings. The van der Waals surface area contributed by atoms with Gasteiger partial charge < -0.3 is 14.2 Å². The number of unbranched alkanes of at least 4 members (excludes halogenated alkanes) is 20. The van der Waals surface area contributed by atoms with Crippen LogP contribution in [-0.4, -0.2) is 37.2 Å². The molecular formula is C62H102O6. The number of rotatable bonds is 49. The van der Waals surface area contributed by atoms with Crippen molar-refractivity contribution in [2.24, 2.45) is 0 Å². The molecule has 0 aromatic heterocycles. The molecule has 0 aromatic carbocycles. The highest BCUT2D eigenvalue weighted by Crippen LogP contribution is 2.14. The van der Waals surface area contributed by atoms with Crippen LogP contribution >= 0.6 is 0 Å². The second-order valence-electron chi connectivity index (χ2n) is 18.1. The van der Waals surface area contributed by atoms with E-state index >= 15 is 0 Å². The molecule has 0 bridgehead atoms. The van der Waals surface area contributed by atoms with Crippen molar-refractivity contribution in [2.75, 3.05) is 13.2 Å². The normalized spacial score (nSPS) is 12.9. The number of carbonyl (C=O) groups excluding carboxylic acids is 3. The van der Waals surface area contributed by atoms with Crippen LogP contribution in [0.5, 0.6) is 0 Å². The molecule has 0 radical (unpaired) electrons. The molecule has 0 aliphatic heterocycles. The summed E-state index contributed by atoms with van der Waals surface area (Å²) < 4.78 is 16.8. The molecule has 386 valence electrons. The molecule has 0 amide bonds. The molecule has 1 atom stereocenters. The SMILES string of the molecule is CC/C=C\C/C=C\C/C=C\C/C=C\CCCCCCCCCCCCC(=O)OCC(COC(=O)CCCCC/C=C\C/C=C\C/C=C\CC)OC(=O)CCCCCCC/C=C\C/C=C\CCCC. The number of hydrogen-bond acceptors (Lipinski definition) is 6. The van der Waals surface area contributed by atoms with Crippen LogP contribution in [0.3, 0.4) is 0 Å². The molecule has 6 heteroatoms. The average molecular weight is 943 g/mol. The molecule has 68 heavy (non-hydrogen) atoms. The summed E-state index contributed by atoms with van der Waals surface area (Å²) in [7, 11) is 0. The zero-order valence-electron chi connectivity index (χ0n) is 44.1. The van der Waals surface area contributed by atoms with Crippen LogP contribution in [0.4, 0.5) is 0 Å². The molecule has 0 rings (SSSR count). The van der Waals surface area contributed by atoms with Crippen molar-refractivity contribution >= 4 is 17.9 Å². The Morgan fingerprint density at radius 2 is 0.574 bits per heavy atom. The molecule has 0 heterocycles. The smallest absolute Gasteiger partial charge is 0.306 e. The van der Waals surface area contributed by atoms with E-state index in [0.717, 1.165) is 135 Å². The Kier molecular flexibility index (Phi) is 52.4. The summed E-state index contributed by atoms with van der Waals surface area (Å²) in [5.74, 6) is -0.947. The van der Waals surface area contributed by atoms with Gasteiger partial charge in [-0.1, -0.05) is 220 Å². The first-order chi connectivity index (χ1) is 33.5. The fourth-order valence-electron chi connectivity index (χ4n) is 7.35. The van der Waals surface area contributed by atoms with E-state index in [9.17, 15) is 14.4 Å². The van der Waals surface area contributed by atoms with Gasteiger partial charge in [0.15, 0.2) is 6.10 Å². The van der Waals surface area contributed by atoms with E-state index in [1.54, 1.807) is 0 Å². The van der Waals surface area contributed by atoms with E-state index in [4.69, 9.17) is 14.2 Å². The Balaban J connectivity index is 4.37. The fraction of sp³-hybridized carbons (Fsp3) is 0.661. The van der Waals surface area contributed by atoms with Crippen LogP contribution in [-0.2, 0) is 28.6 Å². The lowest BCUT2D eigenvalue weighted by Crippen LogP contribution is -2.30. The standard InChI is InChI=1S/C62H102O6/c1-4-7-10-13-16-19-22-25-27-28-29-30-31-32-33-34-35-38-40-43-46-49-52-55-61(64)67-58-59(57-66-60(63)54-51-48-45-42-39-36-24-21-18-15-12-9-6-3)68-62(65)56-53-50-47-44-41-37-26-23-20-17-14-11-8-5-2/h7,9-10,12,14,16-19,21,23,25-27,29-30,36,39,59H,4-6,8,11,13,15,20,22,24,28,31-35,37-38,40-58H2,1-3H3/b10-7-,12-9-,17-14-,19-16-,21-18-,26-23-,27-25-,30-29-,39-36-. The van der Waals surface area contributed by atoms with Gasteiger partial charge >= 0.3 is 17.9 Å². The largest absolute Gasteiger partial charge is 0.462 e. The Hall–Kier alpha value is -3.93. The van der Waals surface area contributed by atoms with E-state index in [1.807, 2.05) is 0 Å². The molecule has 0 N–H and O–H groups in total.